The number of hydrogen-bond donors (Lipinski definition) is 2. The van der Waals surface area contributed by atoms with E-state index < -0.39 is 0 Å². The average molecular weight is 477 g/mol. The molecule has 0 radical (unpaired) electrons. The van der Waals surface area contributed by atoms with Crippen molar-refractivity contribution in [2.75, 3.05) is 26.9 Å². The van der Waals surface area contributed by atoms with E-state index in [1.807, 2.05) is 24.3 Å². The smallest absolute Gasteiger partial charge is 0.251 e. The lowest BCUT2D eigenvalue weighted by molar-refractivity contribution is -0.120. The van der Waals surface area contributed by atoms with E-state index in [-0.39, 0.29) is 24.5 Å². The molecule has 0 spiro atoms. The molecule has 1 fully saturated rings. The molecule has 2 amide bonds. The normalized spacial score (nSPS) is 15.5. The third-order valence-corrected chi connectivity index (χ3v) is 5.16. The molecule has 1 unspecified atom stereocenters. The number of rotatable bonds is 9. The van der Waals surface area contributed by atoms with Crippen molar-refractivity contribution < 1.29 is 23.8 Å². The zero-order valence-corrected chi connectivity index (χ0v) is 18.4. The fraction of sp³-hybridized carbons (Fsp3) is 0.364. The second-order valence-electron chi connectivity index (χ2n) is 6.90. The summed E-state index contributed by atoms with van der Waals surface area (Å²) in [6.07, 6.45) is 2.19. The number of nitrogens with one attached hydrogen (secondary N) is 2. The molecule has 0 aromatic heterocycles. The van der Waals surface area contributed by atoms with Gasteiger partial charge in [-0.3, -0.25) is 9.59 Å². The highest BCUT2D eigenvalue weighted by atomic mass is 79.9. The Bertz CT molecular complexity index is 884. The third-order valence-electron chi connectivity index (χ3n) is 4.66. The van der Waals surface area contributed by atoms with Crippen LogP contribution >= 0.6 is 15.9 Å². The van der Waals surface area contributed by atoms with Gasteiger partial charge < -0.3 is 24.8 Å². The van der Waals surface area contributed by atoms with Gasteiger partial charge in [0.1, 0.15) is 6.61 Å². The lowest BCUT2D eigenvalue weighted by Crippen LogP contribution is -2.36. The van der Waals surface area contributed by atoms with Crippen LogP contribution in [0.4, 0.5) is 0 Å². The van der Waals surface area contributed by atoms with Crippen molar-refractivity contribution in [3.8, 4) is 11.5 Å². The molecule has 1 heterocycles. The summed E-state index contributed by atoms with van der Waals surface area (Å²) in [5.41, 5.74) is 1.35. The molecule has 2 aromatic carbocycles. The molecule has 0 bridgehead atoms. The molecule has 0 aliphatic carbocycles. The van der Waals surface area contributed by atoms with Crippen molar-refractivity contribution in [2.45, 2.75) is 25.5 Å². The summed E-state index contributed by atoms with van der Waals surface area (Å²) >= 11 is 3.32. The maximum absolute atomic E-state index is 12.1. The standard InChI is InChI=1S/C22H25BrN2O5/c1-28-20-10-15(7-8-19(20)30-14-18-6-3-9-29-18)12-24-21(26)13-25-22(27)16-4-2-5-17(23)11-16/h2,4-5,7-8,10-11,18H,3,6,9,12-14H2,1H3,(H,24,26)(H,25,27). The van der Waals surface area contributed by atoms with Gasteiger partial charge in [0.05, 0.1) is 19.8 Å². The van der Waals surface area contributed by atoms with Gasteiger partial charge in [-0.05, 0) is 48.7 Å². The largest absolute Gasteiger partial charge is 0.493 e. The minimum Gasteiger partial charge on any atom is -0.493 e. The van der Waals surface area contributed by atoms with Gasteiger partial charge in [-0.2, -0.15) is 0 Å². The first-order chi connectivity index (χ1) is 14.5. The monoisotopic (exact) mass is 476 g/mol. The minimum absolute atomic E-state index is 0.106. The summed E-state index contributed by atoms with van der Waals surface area (Å²) in [7, 11) is 1.58. The van der Waals surface area contributed by atoms with E-state index in [4.69, 9.17) is 14.2 Å². The number of carbonyl (C=O) groups is 2. The van der Waals surface area contributed by atoms with Gasteiger partial charge in [0, 0.05) is 23.2 Å². The van der Waals surface area contributed by atoms with Crippen LogP contribution in [0.3, 0.4) is 0 Å². The molecular weight excluding hydrogens is 452 g/mol. The molecule has 2 N–H and O–H groups in total. The topological polar surface area (TPSA) is 85.9 Å². The van der Waals surface area contributed by atoms with Gasteiger partial charge in [-0.25, -0.2) is 0 Å². The molecule has 30 heavy (non-hydrogen) atoms. The third kappa shape index (κ3) is 6.47. The Hall–Kier alpha value is -2.58. The van der Waals surface area contributed by atoms with Crippen LogP contribution in [0.25, 0.3) is 0 Å². The Morgan fingerprint density at radius 3 is 2.77 bits per heavy atom. The zero-order valence-electron chi connectivity index (χ0n) is 16.8. The second-order valence-corrected chi connectivity index (χ2v) is 7.82. The lowest BCUT2D eigenvalue weighted by Gasteiger charge is -2.15. The van der Waals surface area contributed by atoms with E-state index in [0.29, 0.717) is 30.2 Å². The number of ether oxygens (including phenoxy) is 3. The van der Waals surface area contributed by atoms with Crippen molar-refractivity contribution in [2.24, 2.45) is 0 Å². The van der Waals surface area contributed by atoms with Crippen LogP contribution in [0.2, 0.25) is 0 Å². The Morgan fingerprint density at radius 1 is 1.17 bits per heavy atom. The second kappa shape index (κ2) is 11.0. The highest BCUT2D eigenvalue weighted by Crippen LogP contribution is 2.29. The fourth-order valence-corrected chi connectivity index (χ4v) is 3.45. The zero-order chi connectivity index (χ0) is 21.3. The van der Waals surface area contributed by atoms with Crippen molar-refractivity contribution in [1.82, 2.24) is 10.6 Å². The van der Waals surface area contributed by atoms with E-state index in [1.54, 1.807) is 25.3 Å². The highest BCUT2D eigenvalue weighted by Gasteiger charge is 2.17. The number of halogens is 1. The van der Waals surface area contributed by atoms with Crippen LogP contribution in [0.5, 0.6) is 11.5 Å². The molecule has 3 rings (SSSR count). The van der Waals surface area contributed by atoms with Crippen LogP contribution in [0.1, 0.15) is 28.8 Å². The first kappa shape index (κ1) is 22.1. The van der Waals surface area contributed by atoms with Gasteiger partial charge in [-0.1, -0.05) is 28.1 Å². The van der Waals surface area contributed by atoms with Crippen LogP contribution in [0, 0.1) is 0 Å². The molecule has 0 saturated carbocycles. The van der Waals surface area contributed by atoms with Gasteiger partial charge in [-0.15, -0.1) is 0 Å². The molecule has 8 heteroatoms. The maximum Gasteiger partial charge on any atom is 0.251 e. The Morgan fingerprint density at radius 2 is 2.03 bits per heavy atom. The van der Waals surface area contributed by atoms with Crippen LogP contribution in [-0.2, 0) is 16.1 Å². The molecule has 160 valence electrons. The SMILES string of the molecule is COc1cc(CNC(=O)CNC(=O)c2cccc(Br)c2)ccc1OCC1CCCO1. The highest BCUT2D eigenvalue weighted by molar-refractivity contribution is 9.10. The van der Waals surface area contributed by atoms with Gasteiger partial charge >= 0.3 is 0 Å². The summed E-state index contributed by atoms with van der Waals surface area (Å²) in [4.78, 5) is 24.2. The van der Waals surface area contributed by atoms with Crippen LogP contribution in [-0.4, -0.2) is 44.8 Å². The number of hydrogen-bond acceptors (Lipinski definition) is 5. The minimum atomic E-state index is -0.305. The van der Waals surface area contributed by atoms with Gasteiger partial charge in [0.2, 0.25) is 5.91 Å². The first-order valence-electron chi connectivity index (χ1n) is 9.77. The molecule has 1 aliphatic rings. The van der Waals surface area contributed by atoms with E-state index in [1.165, 1.54) is 0 Å². The summed E-state index contributed by atoms with van der Waals surface area (Å²) in [5.74, 6) is 0.656. The molecule has 1 aliphatic heterocycles. The number of benzene rings is 2. The Balaban J connectivity index is 1.46. The molecule has 1 saturated heterocycles. The van der Waals surface area contributed by atoms with Crippen molar-refractivity contribution >= 4 is 27.7 Å². The average Bonchev–Trinajstić information content (AvgIpc) is 3.28. The molecule has 1 atom stereocenters. The maximum atomic E-state index is 12.1. The Labute approximate surface area is 184 Å². The van der Waals surface area contributed by atoms with Crippen LogP contribution < -0.4 is 20.1 Å². The van der Waals surface area contributed by atoms with Crippen molar-refractivity contribution in [3.05, 3.63) is 58.1 Å². The summed E-state index contributed by atoms with van der Waals surface area (Å²) < 4.78 is 17.6. The van der Waals surface area contributed by atoms with E-state index in [0.717, 1.165) is 29.5 Å². The fourth-order valence-electron chi connectivity index (χ4n) is 3.06. The lowest BCUT2D eigenvalue weighted by atomic mass is 10.2. The molecular formula is C22H25BrN2O5. The summed E-state index contributed by atoms with van der Waals surface area (Å²) in [5, 5.41) is 5.39. The number of amides is 2. The van der Waals surface area contributed by atoms with Gasteiger partial charge in [0.15, 0.2) is 11.5 Å². The van der Waals surface area contributed by atoms with Crippen molar-refractivity contribution in [3.63, 3.8) is 0 Å². The van der Waals surface area contributed by atoms with E-state index in [9.17, 15) is 9.59 Å². The first-order valence-corrected chi connectivity index (χ1v) is 10.6. The molecule has 2 aromatic rings. The van der Waals surface area contributed by atoms with Crippen molar-refractivity contribution in [1.29, 1.82) is 0 Å². The predicted molar refractivity (Wildman–Crippen MR) is 116 cm³/mol. The summed E-state index contributed by atoms with van der Waals surface area (Å²) in [6, 6.07) is 12.5. The predicted octanol–water partition coefficient (Wildman–Crippen LogP) is 3.06. The van der Waals surface area contributed by atoms with Gasteiger partial charge in [0.25, 0.3) is 5.91 Å². The quantitative estimate of drug-likeness (QED) is 0.580. The van der Waals surface area contributed by atoms with Crippen LogP contribution in [0.15, 0.2) is 46.9 Å². The Kier molecular flexibility index (Phi) is 8.10. The van der Waals surface area contributed by atoms with E-state index in [2.05, 4.69) is 26.6 Å². The molecule has 7 nitrogen and oxygen atoms in total. The number of carbonyl (C=O) groups excluding carboxylic acids is 2. The van der Waals surface area contributed by atoms with E-state index >= 15 is 0 Å². The number of methoxy groups -OCH3 is 1. The summed E-state index contributed by atoms with van der Waals surface area (Å²) in [6.45, 7) is 1.48.